The molecule has 5 atom stereocenters. The van der Waals surface area contributed by atoms with Gasteiger partial charge in [0.15, 0.2) is 5.96 Å². The maximum Gasteiger partial charge on any atom is 0.321 e. The number of nitrogens with two attached hydrogens (primary N) is 6. The van der Waals surface area contributed by atoms with Gasteiger partial charge in [0.2, 0.25) is 0 Å². The molecule has 23 nitrogen and oxygen atoms in total. The highest BCUT2D eigenvalue weighted by Crippen LogP contribution is 2.10. The number of hydrogen-bond donors (Lipinski definition) is 16. The molecule has 0 saturated heterocycles. The highest BCUT2D eigenvalue weighted by molar-refractivity contribution is 5.80. The molecule has 0 aliphatic carbocycles. The van der Waals surface area contributed by atoms with Crippen LogP contribution in [0.1, 0.15) is 43.2 Å². The van der Waals surface area contributed by atoms with Gasteiger partial charge in [0.05, 0.1) is 6.42 Å². The molecule has 0 fully saturated rings. The first-order chi connectivity index (χ1) is 25.9. The zero-order valence-electron chi connectivity index (χ0n) is 30.1. The minimum absolute atomic E-state index is 0.0231. The molecular formula is C33H52N8O15. The van der Waals surface area contributed by atoms with Crippen LogP contribution in [0.2, 0.25) is 0 Å². The second-order valence-corrected chi connectivity index (χ2v) is 11.3. The number of aromatic hydroxyl groups is 1. The Morgan fingerprint density at radius 2 is 0.946 bits per heavy atom. The van der Waals surface area contributed by atoms with Gasteiger partial charge in [-0.05, 0) is 55.4 Å². The van der Waals surface area contributed by atoms with Crippen LogP contribution < -0.4 is 39.7 Å². The van der Waals surface area contributed by atoms with E-state index in [2.05, 4.69) is 5.32 Å². The van der Waals surface area contributed by atoms with Crippen molar-refractivity contribution in [2.24, 2.45) is 34.4 Å². The molecule has 56 heavy (non-hydrogen) atoms. The molecule has 23 heteroatoms. The van der Waals surface area contributed by atoms with E-state index in [-0.39, 0.29) is 31.0 Å². The number of carbonyl (C=O) groups is 7. The van der Waals surface area contributed by atoms with Gasteiger partial charge < -0.3 is 80.6 Å². The van der Waals surface area contributed by atoms with E-state index in [1.807, 2.05) is 30.3 Å². The minimum Gasteiger partial charge on any atom is -0.508 e. The largest absolute Gasteiger partial charge is 0.508 e. The first-order valence-corrected chi connectivity index (χ1v) is 16.2. The minimum atomic E-state index is -1.29. The monoisotopic (exact) mass is 800 g/mol. The average molecular weight is 801 g/mol. The molecule has 0 aliphatic rings. The number of hydrogen-bond acceptors (Lipinski definition) is 14. The van der Waals surface area contributed by atoms with E-state index < -0.39 is 78.4 Å². The number of carboxylic acid groups (broad SMARTS) is 7. The van der Waals surface area contributed by atoms with Crippen LogP contribution in [0.25, 0.3) is 0 Å². The Morgan fingerprint density at radius 1 is 0.554 bits per heavy atom. The van der Waals surface area contributed by atoms with Crippen molar-refractivity contribution in [2.75, 3.05) is 6.54 Å². The molecule has 0 heterocycles. The van der Waals surface area contributed by atoms with Gasteiger partial charge in [-0.1, -0.05) is 42.5 Å². The number of phenols is 1. The first-order valence-electron chi connectivity index (χ1n) is 16.2. The normalized spacial score (nSPS) is 12.4. The zero-order valence-corrected chi connectivity index (χ0v) is 30.1. The van der Waals surface area contributed by atoms with E-state index >= 15 is 0 Å². The van der Waals surface area contributed by atoms with Crippen LogP contribution in [0.3, 0.4) is 0 Å². The predicted octanol–water partition coefficient (Wildman–Crippen LogP) is -2.21. The molecule has 0 amide bonds. The maximum absolute atomic E-state index is 10.4. The summed E-state index contributed by atoms with van der Waals surface area (Å²) >= 11 is 0. The highest BCUT2D eigenvalue weighted by Gasteiger charge is 2.15. The highest BCUT2D eigenvalue weighted by atomic mass is 16.4. The average Bonchev–Trinajstić information content (AvgIpc) is 3.10. The quantitative estimate of drug-likeness (QED) is 0.0431. The molecule has 0 saturated carbocycles. The molecule has 2 rings (SSSR count). The smallest absolute Gasteiger partial charge is 0.321 e. The predicted molar refractivity (Wildman–Crippen MR) is 198 cm³/mol. The number of nitrogens with one attached hydrogen (secondary N) is 2. The van der Waals surface area contributed by atoms with Crippen molar-refractivity contribution >= 4 is 47.7 Å². The van der Waals surface area contributed by atoms with Crippen LogP contribution in [0.5, 0.6) is 5.75 Å². The molecule has 5 unspecified atom stereocenters. The maximum atomic E-state index is 10.4. The third-order valence-corrected chi connectivity index (χ3v) is 6.35. The van der Waals surface area contributed by atoms with E-state index in [9.17, 15) is 33.6 Å². The molecule has 0 radical (unpaired) electrons. The number of rotatable bonds is 18. The number of phenolic OH excluding ortho intramolecular Hbond substituents is 1. The molecule has 0 aromatic heterocycles. The molecule has 0 aliphatic heterocycles. The Balaban J connectivity index is -0.000000631. The van der Waals surface area contributed by atoms with Crippen molar-refractivity contribution in [1.29, 1.82) is 5.41 Å². The van der Waals surface area contributed by atoms with Gasteiger partial charge in [0.1, 0.15) is 36.0 Å². The second-order valence-electron chi connectivity index (χ2n) is 11.3. The van der Waals surface area contributed by atoms with Crippen LogP contribution in [-0.4, -0.2) is 125 Å². The summed E-state index contributed by atoms with van der Waals surface area (Å²) in [4.78, 5) is 70.5. The molecule has 2 aromatic rings. The van der Waals surface area contributed by atoms with Crippen LogP contribution >= 0.6 is 0 Å². The van der Waals surface area contributed by atoms with Crippen LogP contribution in [0.4, 0.5) is 0 Å². The van der Waals surface area contributed by atoms with Gasteiger partial charge >= 0.3 is 41.8 Å². The first kappa shape index (κ1) is 53.9. The van der Waals surface area contributed by atoms with E-state index in [4.69, 9.17) is 80.7 Å². The van der Waals surface area contributed by atoms with Crippen molar-refractivity contribution in [2.45, 2.75) is 75.2 Å². The summed E-state index contributed by atoms with van der Waals surface area (Å²) in [6.45, 7) is 0.482. The van der Waals surface area contributed by atoms with Gasteiger partial charge in [-0.15, -0.1) is 0 Å². The Labute approximate surface area is 320 Å². The number of benzene rings is 2. The fourth-order valence-electron chi connectivity index (χ4n) is 3.28. The topological polar surface area (TPSA) is 473 Å². The van der Waals surface area contributed by atoms with Crippen molar-refractivity contribution < 1.29 is 74.4 Å². The number of carboxylic acids is 7. The lowest BCUT2D eigenvalue weighted by molar-refractivity contribution is -0.144. The summed E-state index contributed by atoms with van der Waals surface area (Å²) in [5.41, 5.74) is 32.5. The Bertz CT molecular complexity index is 1520. The summed E-state index contributed by atoms with van der Waals surface area (Å²) in [7, 11) is 0. The molecule has 0 spiro atoms. The Hall–Kier alpha value is -6.40. The van der Waals surface area contributed by atoms with Crippen LogP contribution in [0, 0.1) is 5.41 Å². The van der Waals surface area contributed by atoms with Crippen molar-refractivity contribution in [3.63, 3.8) is 0 Å². The summed E-state index contributed by atoms with van der Waals surface area (Å²) < 4.78 is 0. The lowest BCUT2D eigenvalue weighted by Crippen LogP contribution is -2.34. The van der Waals surface area contributed by atoms with Crippen LogP contribution in [0.15, 0.2) is 54.6 Å². The molecule has 2 aromatic carbocycles. The fraction of sp³-hybridized carbons (Fsp3) is 0.394. The second kappa shape index (κ2) is 31.0. The lowest BCUT2D eigenvalue weighted by atomic mass is 10.1. The van der Waals surface area contributed by atoms with Crippen molar-refractivity contribution in [3.8, 4) is 5.75 Å². The molecule has 314 valence electrons. The molecule has 22 N–H and O–H groups in total. The van der Waals surface area contributed by atoms with Gasteiger partial charge in [0.25, 0.3) is 0 Å². The van der Waals surface area contributed by atoms with E-state index in [1.54, 1.807) is 12.1 Å². The van der Waals surface area contributed by atoms with Gasteiger partial charge in [-0.3, -0.25) is 39.0 Å². The molecule has 0 bridgehead atoms. The van der Waals surface area contributed by atoms with Crippen molar-refractivity contribution in [3.05, 3.63) is 65.7 Å². The fourth-order valence-corrected chi connectivity index (χ4v) is 3.28. The van der Waals surface area contributed by atoms with Crippen molar-refractivity contribution in [1.82, 2.24) is 5.32 Å². The SMILES string of the molecule is N=C(N)NCCCC(N)C(=O)O.NC(CC(=O)O)C(=O)O.NC(CCC(=O)O)C(=O)O.NC(Cc1ccc(O)cc1)C(=O)O.NC(Cc1ccccc1)C(=O)O. The third kappa shape index (κ3) is 33.4. The standard InChI is InChI=1S/C9H11NO3.C9H11NO2.C6H14N4O2.C5H9NO4.C4H7NO4/c10-8(9(12)13)5-6-1-3-7(11)4-2-6;10-8(9(11)12)6-7-4-2-1-3-5-7;7-4(5(11)12)2-1-3-10-6(8)9;6-3(5(9)10)1-2-4(7)8;5-2(4(8)9)1-3(6)7/h1-4,8,11H,5,10H2,(H,12,13);1-5,8H,6,10H2,(H,11,12);4H,1-3,7H2,(H,11,12)(H4,8,9,10);3H,1-2,6H2,(H,7,8)(H,9,10);2H,1,5H2,(H,6,7)(H,8,9). The summed E-state index contributed by atoms with van der Waals surface area (Å²) in [6, 6.07) is 10.8. The Kier molecular flexibility index (Phi) is 29.9. The summed E-state index contributed by atoms with van der Waals surface area (Å²) in [5.74, 6) is -7.63. The van der Waals surface area contributed by atoms with E-state index in [0.717, 1.165) is 11.1 Å². The lowest BCUT2D eigenvalue weighted by Gasteiger charge is -2.06. The summed E-state index contributed by atoms with van der Waals surface area (Å²) in [5, 5.41) is 76.0. The van der Waals surface area contributed by atoms with Crippen LogP contribution in [-0.2, 0) is 46.4 Å². The van der Waals surface area contributed by atoms with Gasteiger partial charge in [0, 0.05) is 13.0 Å². The van der Waals surface area contributed by atoms with Gasteiger partial charge in [-0.2, -0.15) is 0 Å². The molecular weight excluding hydrogens is 748 g/mol. The Morgan fingerprint density at radius 3 is 1.29 bits per heavy atom. The third-order valence-electron chi connectivity index (χ3n) is 6.35. The number of guanidine groups is 1. The van der Waals surface area contributed by atoms with E-state index in [0.29, 0.717) is 25.8 Å². The van der Waals surface area contributed by atoms with Gasteiger partial charge in [-0.25, -0.2) is 0 Å². The van der Waals surface area contributed by atoms with E-state index in [1.165, 1.54) is 12.1 Å². The zero-order chi connectivity index (χ0) is 44.0. The number of aliphatic carboxylic acids is 7. The summed E-state index contributed by atoms with van der Waals surface area (Å²) in [6.07, 6.45) is 0.877.